The van der Waals surface area contributed by atoms with Gasteiger partial charge in [-0.15, -0.1) is 0 Å². The molecule has 0 spiro atoms. The van der Waals surface area contributed by atoms with Gasteiger partial charge in [0.25, 0.3) is 0 Å². The highest BCUT2D eigenvalue weighted by atomic mass is 16.3. The van der Waals surface area contributed by atoms with Crippen molar-refractivity contribution in [3.63, 3.8) is 0 Å². The monoisotopic (exact) mass is 230 g/mol. The van der Waals surface area contributed by atoms with E-state index in [2.05, 4.69) is 4.98 Å². The van der Waals surface area contributed by atoms with Crippen LogP contribution in [0.2, 0.25) is 0 Å². The van der Waals surface area contributed by atoms with E-state index in [0.29, 0.717) is 0 Å². The lowest BCUT2D eigenvalue weighted by Gasteiger charge is -2.09. The molecule has 0 amide bonds. The normalized spacial score (nSPS) is 17.1. The van der Waals surface area contributed by atoms with E-state index in [1.54, 1.807) is 10.8 Å². The van der Waals surface area contributed by atoms with Crippen molar-refractivity contribution >= 4 is 0 Å². The Kier molecular flexibility index (Phi) is 2.03. The lowest BCUT2D eigenvalue weighted by Crippen LogP contribution is -2.16. The summed E-state index contributed by atoms with van der Waals surface area (Å²) in [6.45, 7) is 1.88. The number of H-pyrrole nitrogens is 1. The lowest BCUT2D eigenvalue weighted by atomic mass is 10.1. The van der Waals surface area contributed by atoms with Crippen molar-refractivity contribution in [2.75, 3.05) is 0 Å². The third-order valence-corrected chi connectivity index (χ3v) is 3.35. The van der Waals surface area contributed by atoms with E-state index in [9.17, 15) is 9.90 Å². The summed E-state index contributed by atoms with van der Waals surface area (Å²) in [6.07, 6.45) is 3.34. The van der Waals surface area contributed by atoms with Gasteiger partial charge >= 0.3 is 5.69 Å². The van der Waals surface area contributed by atoms with Crippen molar-refractivity contribution < 1.29 is 5.11 Å². The zero-order valence-corrected chi connectivity index (χ0v) is 9.60. The van der Waals surface area contributed by atoms with Crippen LogP contribution >= 0.6 is 0 Å². The van der Waals surface area contributed by atoms with Crippen molar-refractivity contribution in [1.82, 2.24) is 9.55 Å². The molecule has 0 saturated heterocycles. The molecule has 1 aliphatic rings. The van der Waals surface area contributed by atoms with Crippen molar-refractivity contribution in [3.05, 3.63) is 52.2 Å². The Morgan fingerprint density at radius 2 is 1.94 bits per heavy atom. The summed E-state index contributed by atoms with van der Waals surface area (Å²) in [6, 6.07) is 7.52. The molecule has 0 aliphatic heterocycles. The SMILES string of the molecule is Cc1c[nH]c(=O)n1-c1ccc(C2(O)CC2)cc1. The van der Waals surface area contributed by atoms with Crippen LogP contribution < -0.4 is 5.69 Å². The van der Waals surface area contributed by atoms with E-state index >= 15 is 0 Å². The minimum Gasteiger partial charge on any atom is -0.385 e. The Morgan fingerprint density at radius 1 is 1.29 bits per heavy atom. The largest absolute Gasteiger partial charge is 0.385 e. The van der Waals surface area contributed by atoms with Crippen LogP contribution in [0.5, 0.6) is 0 Å². The van der Waals surface area contributed by atoms with Crippen LogP contribution in [0, 0.1) is 6.92 Å². The van der Waals surface area contributed by atoms with Gasteiger partial charge in [-0.25, -0.2) is 4.79 Å². The van der Waals surface area contributed by atoms with Gasteiger partial charge < -0.3 is 10.1 Å². The van der Waals surface area contributed by atoms with Crippen LogP contribution in [0.1, 0.15) is 24.1 Å². The molecule has 0 bridgehead atoms. The fourth-order valence-electron chi connectivity index (χ4n) is 2.10. The first-order valence-corrected chi connectivity index (χ1v) is 5.70. The van der Waals surface area contributed by atoms with Crippen LogP contribution in [-0.2, 0) is 5.60 Å². The highest BCUT2D eigenvalue weighted by molar-refractivity contribution is 5.39. The van der Waals surface area contributed by atoms with Crippen LogP contribution in [0.25, 0.3) is 5.69 Å². The molecule has 1 saturated carbocycles. The Labute approximate surface area is 98.5 Å². The number of nitrogens with one attached hydrogen (secondary N) is 1. The summed E-state index contributed by atoms with van der Waals surface area (Å²) in [4.78, 5) is 14.2. The summed E-state index contributed by atoms with van der Waals surface area (Å²) in [7, 11) is 0. The van der Waals surface area contributed by atoms with Crippen molar-refractivity contribution in [2.24, 2.45) is 0 Å². The topological polar surface area (TPSA) is 58.0 Å². The van der Waals surface area contributed by atoms with Gasteiger partial charge in [-0.05, 0) is 37.5 Å². The van der Waals surface area contributed by atoms with E-state index in [0.717, 1.165) is 29.8 Å². The van der Waals surface area contributed by atoms with Gasteiger partial charge in [0.2, 0.25) is 0 Å². The molecule has 4 nitrogen and oxygen atoms in total. The number of nitrogens with zero attached hydrogens (tertiary/aromatic N) is 1. The van der Waals surface area contributed by atoms with Gasteiger partial charge in [0.15, 0.2) is 0 Å². The third-order valence-electron chi connectivity index (χ3n) is 3.35. The quantitative estimate of drug-likeness (QED) is 0.820. The molecule has 4 heteroatoms. The van der Waals surface area contributed by atoms with Gasteiger partial charge in [0.1, 0.15) is 0 Å². The molecular formula is C13H14N2O2. The predicted molar refractivity (Wildman–Crippen MR) is 64.3 cm³/mol. The maximum Gasteiger partial charge on any atom is 0.330 e. The van der Waals surface area contributed by atoms with Crippen LogP contribution in [0.4, 0.5) is 0 Å². The Morgan fingerprint density at radius 3 is 2.41 bits per heavy atom. The minimum absolute atomic E-state index is 0.139. The zero-order valence-electron chi connectivity index (χ0n) is 9.60. The molecule has 1 aromatic heterocycles. The number of benzene rings is 1. The molecule has 1 aromatic carbocycles. The van der Waals surface area contributed by atoms with E-state index in [1.807, 2.05) is 31.2 Å². The number of aliphatic hydroxyl groups is 1. The van der Waals surface area contributed by atoms with Crippen molar-refractivity contribution in [2.45, 2.75) is 25.4 Å². The molecule has 0 atom stereocenters. The third kappa shape index (κ3) is 1.61. The van der Waals surface area contributed by atoms with Crippen LogP contribution in [0.3, 0.4) is 0 Å². The molecule has 1 aliphatic carbocycles. The summed E-state index contributed by atoms with van der Waals surface area (Å²) in [5.41, 5.74) is 1.87. The fraction of sp³-hybridized carbons (Fsp3) is 0.308. The van der Waals surface area contributed by atoms with Crippen molar-refractivity contribution in [1.29, 1.82) is 0 Å². The summed E-state index contributed by atoms with van der Waals surface area (Å²) >= 11 is 0. The Bertz CT molecular complexity index is 603. The number of hydrogen-bond acceptors (Lipinski definition) is 2. The number of imidazole rings is 1. The lowest BCUT2D eigenvalue weighted by molar-refractivity contribution is 0.151. The average molecular weight is 230 g/mol. The summed E-state index contributed by atoms with van der Waals surface area (Å²) in [5, 5.41) is 9.96. The first-order valence-electron chi connectivity index (χ1n) is 5.70. The number of aromatic amines is 1. The fourth-order valence-corrected chi connectivity index (χ4v) is 2.10. The van der Waals surface area contributed by atoms with E-state index in [1.165, 1.54) is 0 Å². The maximum absolute atomic E-state index is 11.6. The van der Waals surface area contributed by atoms with Gasteiger partial charge in [-0.3, -0.25) is 4.57 Å². The molecule has 1 heterocycles. The first-order chi connectivity index (χ1) is 8.10. The number of aromatic nitrogens is 2. The van der Waals surface area contributed by atoms with Gasteiger partial charge in [0.05, 0.1) is 11.3 Å². The smallest absolute Gasteiger partial charge is 0.330 e. The summed E-state index contributed by atoms with van der Waals surface area (Å²) in [5.74, 6) is 0. The molecule has 17 heavy (non-hydrogen) atoms. The Hall–Kier alpha value is -1.81. The molecule has 1 fully saturated rings. The highest BCUT2D eigenvalue weighted by Gasteiger charge is 2.41. The Balaban J connectivity index is 2.03. The second-order valence-electron chi connectivity index (χ2n) is 4.65. The molecule has 2 N–H and O–H groups in total. The number of hydrogen-bond donors (Lipinski definition) is 2. The molecule has 0 unspecified atom stereocenters. The molecule has 3 rings (SSSR count). The second-order valence-corrected chi connectivity index (χ2v) is 4.65. The van der Waals surface area contributed by atoms with Crippen molar-refractivity contribution in [3.8, 4) is 5.69 Å². The highest BCUT2D eigenvalue weighted by Crippen LogP contribution is 2.45. The first kappa shape index (κ1) is 10.4. The standard InChI is InChI=1S/C13H14N2O2/c1-9-8-14-12(16)15(9)11-4-2-10(3-5-11)13(17)6-7-13/h2-5,8,17H,6-7H2,1H3,(H,14,16). The maximum atomic E-state index is 11.6. The zero-order chi connectivity index (χ0) is 12.0. The number of aryl methyl sites for hydroxylation is 1. The van der Waals surface area contributed by atoms with E-state index < -0.39 is 5.60 Å². The second kappa shape index (κ2) is 3.34. The molecule has 2 aromatic rings. The van der Waals surface area contributed by atoms with Gasteiger partial charge in [-0.2, -0.15) is 0 Å². The predicted octanol–water partition coefficient (Wildman–Crippen LogP) is 1.46. The van der Waals surface area contributed by atoms with E-state index in [4.69, 9.17) is 0 Å². The minimum atomic E-state index is -0.614. The van der Waals surface area contributed by atoms with Crippen LogP contribution in [-0.4, -0.2) is 14.7 Å². The molecule has 88 valence electrons. The molecular weight excluding hydrogens is 216 g/mol. The van der Waals surface area contributed by atoms with Gasteiger partial charge in [-0.1, -0.05) is 12.1 Å². The number of rotatable bonds is 2. The summed E-state index contributed by atoms with van der Waals surface area (Å²) < 4.78 is 1.61. The molecule has 0 radical (unpaired) electrons. The average Bonchev–Trinajstić information content (AvgIpc) is 2.98. The van der Waals surface area contributed by atoms with Crippen LogP contribution in [0.15, 0.2) is 35.3 Å². The van der Waals surface area contributed by atoms with Gasteiger partial charge in [0, 0.05) is 11.9 Å². The van der Waals surface area contributed by atoms with E-state index in [-0.39, 0.29) is 5.69 Å².